The van der Waals surface area contributed by atoms with Gasteiger partial charge in [0.1, 0.15) is 0 Å². The number of aliphatic hydroxyl groups excluding tert-OH is 1. The summed E-state index contributed by atoms with van der Waals surface area (Å²) in [5.41, 5.74) is 5.18. The molecule has 3 aromatic rings. The second kappa shape index (κ2) is 13.6. The van der Waals surface area contributed by atoms with Gasteiger partial charge in [0.25, 0.3) is 0 Å². The zero-order valence-electron chi connectivity index (χ0n) is 28.7. The van der Waals surface area contributed by atoms with E-state index in [2.05, 4.69) is 54.0 Å². The Morgan fingerprint density at radius 2 is 1.73 bits per heavy atom. The number of nitrogens with zero attached hydrogens (tertiary/aromatic N) is 3. The van der Waals surface area contributed by atoms with Crippen molar-refractivity contribution in [2.24, 2.45) is 10.4 Å². The second-order valence-electron chi connectivity index (χ2n) is 15.0. The molecule has 0 aromatic heterocycles. The minimum atomic E-state index is -0.948. The number of rotatable bonds is 5. The van der Waals surface area contributed by atoms with Crippen molar-refractivity contribution in [2.45, 2.75) is 89.3 Å². The van der Waals surface area contributed by atoms with E-state index < -0.39 is 17.1 Å². The highest BCUT2D eigenvalue weighted by Crippen LogP contribution is 2.59. The molecular weight excluding hydrogens is 594 g/mol. The third-order valence-corrected chi connectivity index (χ3v) is 11.9. The van der Waals surface area contributed by atoms with Crippen LogP contribution in [0.4, 0.5) is 0 Å². The van der Waals surface area contributed by atoms with Crippen molar-refractivity contribution in [3.63, 3.8) is 0 Å². The van der Waals surface area contributed by atoms with Crippen molar-refractivity contribution >= 4 is 11.7 Å². The van der Waals surface area contributed by atoms with Crippen LogP contribution in [0.2, 0.25) is 0 Å². The van der Waals surface area contributed by atoms with Gasteiger partial charge < -0.3 is 20.0 Å². The Bertz CT molecular complexity index is 1700. The number of carbonyl (C=O) groups excluding carboxylic acids is 1. The van der Waals surface area contributed by atoms with Crippen LogP contribution in [0.1, 0.15) is 98.2 Å². The Balaban J connectivity index is 1.32. The number of allylic oxidation sites excluding steroid dienone is 2. The summed E-state index contributed by atoms with van der Waals surface area (Å²) >= 11 is 0. The SMILES string of the molecule is CC1=CCCC2(C)C(CCC2(O)CN2CCCN3CCCN=C32)c2ccc(cc2C(=O)c2ccccc2-c2ccccc2)CC(O)CC1. The van der Waals surface area contributed by atoms with E-state index in [1.54, 1.807) is 0 Å². The maximum absolute atomic E-state index is 14.9. The summed E-state index contributed by atoms with van der Waals surface area (Å²) in [7, 11) is 0. The van der Waals surface area contributed by atoms with Crippen LogP contribution in [0.5, 0.6) is 0 Å². The van der Waals surface area contributed by atoms with Crippen molar-refractivity contribution in [3.8, 4) is 11.1 Å². The lowest BCUT2D eigenvalue weighted by molar-refractivity contribution is -0.0772. The minimum Gasteiger partial charge on any atom is -0.393 e. The number of aliphatic hydroxyl groups is 2. The van der Waals surface area contributed by atoms with Crippen molar-refractivity contribution in [2.75, 3.05) is 32.7 Å². The largest absolute Gasteiger partial charge is 0.393 e. The van der Waals surface area contributed by atoms with Crippen LogP contribution in [-0.4, -0.2) is 76.2 Å². The van der Waals surface area contributed by atoms with Gasteiger partial charge in [-0.1, -0.05) is 85.3 Å². The van der Waals surface area contributed by atoms with E-state index in [4.69, 9.17) is 4.99 Å². The van der Waals surface area contributed by atoms with Gasteiger partial charge in [0.05, 0.1) is 18.2 Å². The fraction of sp³-hybridized carbons (Fsp3) is 0.476. The fourth-order valence-electron chi connectivity index (χ4n) is 9.06. The van der Waals surface area contributed by atoms with E-state index in [1.807, 2.05) is 48.5 Å². The Kier molecular flexibility index (Phi) is 9.32. The van der Waals surface area contributed by atoms with Crippen LogP contribution in [0.3, 0.4) is 0 Å². The standard InChI is InChI=1S/C42H51N3O3/c1-30-11-8-21-41(2)38(20-22-42(41,48)29-45-26-10-25-44-24-9-23-43-40(44)45)35-19-17-31(27-33(46)18-16-30)28-37(35)39(47)36-15-7-6-14-34(36)32-12-4-3-5-13-32/h3-7,11-15,17,19,28,33,38,46,48H,8-10,16,18,20-27,29H2,1-2H3. The maximum Gasteiger partial charge on any atom is 0.196 e. The number of guanidine groups is 1. The first kappa shape index (κ1) is 32.8. The number of fused-ring (bicyclic) bond motifs is 9. The van der Waals surface area contributed by atoms with Crippen molar-refractivity contribution in [1.29, 1.82) is 0 Å². The third kappa shape index (κ3) is 6.25. The lowest BCUT2D eigenvalue weighted by atomic mass is 9.64. The number of benzene rings is 3. The molecule has 4 atom stereocenters. The van der Waals surface area contributed by atoms with Gasteiger partial charge in [-0.15, -0.1) is 0 Å². The van der Waals surface area contributed by atoms with Crippen molar-refractivity contribution in [1.82, 2.24) is 9.80 Å². The van der Waals surface area contributed by atoms with E-state index in [-0.39, 0.29) is 11.7 Å². The molecule has 6 nitrogen and oxygen atoms in total. The lowest BCUT2D eigenvalue weighted by Crippen LogP contribution is -2.59. The Morgan fingerprint density at radius 1 is 0.938 bits per heavy atom. The van der Waals surface area contributed by atoms with Crippen LogP contribution in [0, 0.1) is 5.41 Å². The average Bonchev–Trinajstić information content (AvgIpc) is 3.36. The molecule has 48 heavy (non-hydrogen) atoms. The Morgan fingerprint density at radius 3 is 2.58 bits per heavy atom. The monoisotopic (exact) mass is 645 g/mol. The molecule has 0 spiro atoms. The zero-order valence-corrected chi connectivity index (χ0v) is 28.7. The summed E-state index contributed by atoms with van der Waals surface area (Å²) in [4.78, 5) is 24.6. The lowest BCUT2D eigenvalue weighted by Gasteiger charge is -2.49. The summed E-state index contributed by atoms with van der Waals surface area (Å²) in [6, 6.07) is 24.4. The van der Waals surface area contributed by atoms with E-state index in [9.17, 15) is 15.0 Å². The molecule has 2 aliphatic heterocycles. The van der Waals surface area contributed by atoms with Gasteiger partial charge in [0.2, 0.25) is 0 Å². The molecule has 2 N–H and O–H groups in total. The number of ketones is 1. The molecule has 5 aliphatic rings. The van der Waals surface area contributed by atoms with Gasteiger partial charge >= 0.3 is 0 Å². The molecule has 3 aromatic carbocycles. The highest BCUT2D eigenvalue weighted by atomic mass is 16.3. The van der Waals surface area contributed by atoms with E-state index in [1.165, 1.54) is 5.57 Å². The maximum atomic E-state index is 14.9. The molecule has 3 aliphatic carbocycles. The predicted octanol–water partition coefficient (Wildman–Crippen LogP) is 7.39. The quantitative estimate of drug-likeness (QED) is 0.224. The number of β-amino-alcohol motifs (C(OH)–C–C–N with tert-alkyl or cyclic N) is 1. The third-order valence-electron chi connectivity index (χ3n) is 11.9. The second-order valence-corrected chi connectivity index (χ2v) is 15.0. The molecule has 2 heterocycles. The fourth-order valence-corrected chi connectivity index (χ4v) is 9.06. The van der Waals surface area contributed by atoms with Crippen molar-refractivity contribution < 1.29 is 15.0 Å². The first-order valence-corrected chi connectivity index (χ1v) is 18.2. The first-order chi connectivity index (χ1) is 23.3. The molecule has 0 radical (unpaired) electrons. The topological polar surface area (TPSA) is 76.4 Å². The minimum absolute atomic E-state index is 0.00431. The van der Waals surface area contributed by atoms with E-state index in [0.717, 1.165) is 92.9 Å². The average molecular weight is 646 g/mol. The summed E-state index contributed by atoms with van der Waals surface area (Å²) in [5.74, 6) is 1.06. The van der Waals surface area contributed by atoms with Crippen LogP contribution >= 0.6 is 0 Å². The molecule has 2 bridgehead atoms. The molecule has 4 unspecified atom stereocenters. The van der Waals surface area contributed by atoms with E-state index >= 15 is 0 Å². The number of hydrogen-bond acceptors (Lipinski definition) is 6. The van der Waals surface area contributed by atoms with Crippen LogP contribution < -0.4 is 0 Å². The van der Waals surface area contributed by atoms with Gasteiger partial charge in [-0.05, 0) is 98.9 Å². The van der Waals surface area contributed by atoms with Gasteiger partial charge in [-0.2, -0.15) is 0 Å². The van der Waals surface area contributed by atoms with Crippen LogP contribution in [0.25, 0.3) is 11.1 Å². The molecule has 1 saturated carbocycles. The highest BCUT2D eigenvalue weighted by molar-refractivity contribution is 6.13. The molecule has 1 saturated heterocycles. The van der Waals surface area contributed by atoms with Crippen molar-refractivity contribution in [3.05, 3.63) is 107 Å². The predicted molar refractivity (Wildman–Crippen MR) is 193 cm³/mol. The molecule has 6 heteroatoms. The smallest absolute Gasteiger partial charge is 0.196 e. The summed E-state index contributed by atoms with van der Waals surface area (Å²) in [5, 5.41) is 24.0. The molecular formula is C42H51N3O3. The zero-order chi connectivity index (χ0) is 33.3. The van der Waals surface area contributed by atoms with E-state index in [0.29, 0.717) is 36.9 Å². The Labute approximate surface area is 286 Å². The molecule has 8 rings (SSSR count). The van der Waals surface area contributed by atoms with Crippen LogP contribution in [0.15, 0.2) is 89.4 Å². The summed E-state index contributed by atoms with van der Waals surface area (Å²) < 4.78 is 0. The molecule has 0 amide bonds. The summed E-state index contributed by atoms with van der Waals surface area (Å²) in [6.07, 6.45) is 9.17. The van der Waals surface area contributed by atoms with Gasteiger partial charge in [0, 0.05) is 42.7 Å². The number of aliphatic imine (C=N–C) groups is 1. The number of hydrogen-bond donors (Lipinski definition) is 2. The van der Waals surface area contributed by atoms with Crippen LogP contribution in [-0.2, 0) is 6.42 Å². The molecule has 252 valence electrons. The van der Waals surface area contributed by atoms with Gasteiger partial charge in [0.15, 0.2) is 11.7 Å². The van der Waals surface area contributed by atoms with Gasteiger partial charge in [-0.25, -0.2) is 0 Å². The normalized spacial score (nSPS) is 27.8. The summed E-state index contributed by atoms with van der Waals surface area (Å²) in [6.45, 7) is 8.84. The molecule has 2 fully saturated rings. The highest BCUT2D eigenvalue weighted by Gasteiger charge is 2.57. The Hall–Kier alpha value is -3.74. The number of carbonyl (C=O) groups is 1. The first-order valence-electron chi connectivity index (χ1n) is 18.2. The van der Waals surface area contributed by atoms with Gasteiger partial charge in [-0.3, -0.25) is 9.79 Å².